The van der Waals surface area contributed by atoms with Crippen molar-refractivity contribution in [3.8, 4) is 16.9 Å². The Kier molecular flexibility index (Phi) is 5.77. The van der Waals surface area contributed by atoms with Crippen LogP contribution in [0.4, 0.5) is 0 Å². The molecule has 1 aliphatic rings. The minimum Gasteiger partial charge on any atom is -0.482 e. The van der Waals surface area contributed by atoms with Gasteiger partial charge in [-0.25, -0.2) is 4.79 Å². The van der Waals surface area contributed by atoms with Gasteiger partial charge in [-0.15, -0.1) is 0 Å². The molecular weight excluding hydrogens is 400 g/mol. The number of aliphatic hydroxyl groups excluding tert-OH is 2. The van der Waals surface area contributed by atoms with Crippen LogP contribution < -0.4 is 16.0 Å². The van der Waals surface area contributed by atoms with Crippen LogP contribution >= 0.6 is 0 Å². The molecule has 2 heterocycles. The summed E-state index contributed by atoms with van der Waals surface area (Å²) in [6.45, 7) is 1.35. The molecular formula is C23H24N2O6. The third kappa shape index (κ3) is 4.18. The number of benzene rings is 2. The zero-order valence-corrected chi connectivity index (χ0v) is 17.0. The van der Waals surface area contributed by atoms with Crippen molar-refractivity contribution < 1.29 is 19.7 Å². The van der Waals surface area contributed by atoms with Crippen molar-refractivity contribution in [3.05, 3.63) is 87.2 Å². The zero-order chi connectivity index (χ0) is 22.0. The van der Waals surface area contributed by atoms with E-state index in [0.717, 1.165) is 16.7 Å². The van der Waals surface area contributed by atoms with Crippen LogP contribution in [0.15, 0.2) is 70.4 Å². The first kappa shape index (κ1) is 21.0. The second kappa shape index (κ2) is 8.50. The Balaban J connectivity index is 1.62. The summed E-state index contributed by atoms with van der Waals surface area (Å²) in [5.41, 5.74) is 0.317. The summed E-state index contributed by atoms with van der Waals surface area (Å²) >= 11 is 0. The maximum absolute atomic E-state index is 12.4. The second-order valence-corrected chi connectivity index (χ2v) is 7.72. The van der Waals surface area contributed by atoms with Crippen LogP contribution in [0.3, 0.4) is 0 Å². The number of H-pyrrole nitrogens is 1. The standard InChI is InChI=1S/C23H24N2O6/c1-23(11-18(27)20(13-26)31-23)25-12-19(21(28)24-22(25)29)30-14-16-9-5-6-10-17(16)15-7-3-2-4-8-15/h2-10,12,18,20,26-27H,11,13-14H2,1H3,(H,24,28,29)/t18-,20+,23+/m0/s1. The highest BCUT2D eigenvalue weighted by molar-refractivity contribution is 5.67. The molecule has 1 fully saturated rings. The Bertz CT molecular complexity index is 1170. The largest absolute Gasteiger partial charge is 0.482 e. The summed E-state index contributed by atoms with van der Waals surface area (Å²) in [4.78, 5) is 27.0. The molecule has 8 nitrogen and oxygen atoms in total. The first-order valence-electron chi connectivity index (χ1n) is 10.0. The molecule has 0 radical (unpaired) electrons. The van der Waals surface area contributed by atoms with Gasteiger partial charge in [0.25, 0.3) is 5.56 Å². The van der Waals surface area contributed by atoms with Gasteiger partial charge in [0.2, 0.25) is 5.75 Å². The predicted octanol–water partition coefficient (Wildman–Crippen LogP) is 1.60. The molecule has 8 heteroatoms. The van der Waals surface area contributed by atoms with E-state index in [1.165, 1.54) is 10.8 Å². The fraction of sp³-hybridized carbons (Fsp3) is 0.304. The Morgan fingerprint density at radius 2 is 1.87 bits per heavy atom. The molecule has 3 atom stereocenters. The Morgan fingerprint density at radius 1 is 1.16 bits per heavy atom. The molecule has 0 aliphatic carbocycles. The van der Waals surface area contributed by atoms with Crippen LogP contribution in [-0.2, 0) is 17.1 Å². The van der Waals surface area contributed by atoms with E-state index in [0.29, 0.717) is 0 Å². The zero-order valence-electron chi connectivity index (χ0n) is 17.0. The van der Waals surface area contributed by atoms with Gasteiger partial charge in [-0.1, -0.05) is 54.6 Å². The summed E-state index contributed by atoms with van der Waals surface area (Å²) in [6, 6.07) is 17.5. The average molecular weight is 424 g/mol. The van der Waals surface area contributed by atoms with E-state index in [2.05, 4.69) is 4.98 Å². The van der Waals surface area contributed by atoms with Gasteiger partial charge in [0, 0.05) is 6.42 Å². The number of hydrogen-bond acceptors (Lipinski definition) is 6. The second-order valence-electron chi connectivity index (χ2n) is 7.72. The molecule has 1 saturated heterocycles. The smallest absolute Gasteiger partial charge is 0.330 e. The van der Waals surface area contributed by atoms with Crippen LogP contribution in [-0.4, -0.2) is 38.6 Å². The van der Waals surface area contributed by atoms with Crippen molar-refractivity contribution >= 4 is 0 Å². The van der Waals surface area contributed by atoms with Crippen LogP contribution in [0.2, 0.25) is 0 Å². The van der Waals surface area contributed by atoms with Crippen LogP contribution in [0, 0.1) is 0 Å². The number of ether oxygens (including phenoxy) is 2. The Morgan fingerprint density at radius 3 is 2.58 bits per heavy atom. The molecule has 31 heavy (non-hydrogen) atoms. The van der Waals surface area contributed by atoms with Crippen molar-refractivity contribution in [1.82, 2.24) is 9.55 Å². The normalized spacial score (nSPS) is 23.1. The van der Waals surface area contributed by atoms with Crippen molar-refractivity contribution in [3.63, 3.8) is 0 Å². The topological polar surface area (TPSA) is 114 Å². The molecule has 0 spiro atoms. The van der Waals surface area contributed by atoms with E-state index in [1.807, 2.05) is 54.6 Å². The van der Waals surface area contributed by atoms with Crippen LogP contribution in [0.5, 0.6) is 5.75 Å². The predicted molar refractivity (Wildman–Crippen MR) is 114 cm³/mol. The van der Waals surface area contributed by atoms with E-state index in [4.69, 9.17) is 9.47 Å². The molecule has 0 unspecified atom stereocenters. The molecule has 3 N–H and O–H groups in total. The lowest BCUT2D eigenvalue weighted by Crippen LogP contribution is -2.42. The van der Waals surface area contributed by atoms with Gasteiger partial charge in [0.1, 0.15) is 18.4 Å². The molecule has 0 saturated carbocycles. The van der Waals surface area contributed by atoms with Crippen molar-refractivity contribution in [2.75, 3.05) is 6.61 Å². The van der Waals surface area contributed by atoms with Crippen molar-refractivity contribution in [1.29, 1.82) is 0 Å². The van der Waals surface area contributed by atoms with Gasteiger partial charge < -0.3 is 19.7 Å². The average Bonchev–Trinajstić information content (AvgIpc) is 3.08. The Labute approximate surface area is 178 Å². The SMILES string of the molecule is C[C@]1(n2cc(OCc3ccccc3-c3ccccc3)c(=O)[nH]c2=O)C[C@H](O)[C@@H](CO)O1. The number of hydrogen-bond donors (Lipinski definition) is 3. The maximum Gasteiger partial charge on any atom is 0.330 e. The lowest BCUT2D eigenvalue weighted by Gasteiger charge is -2.26. The fourth-order valence-electron chi connectivity index (χ4n) is 3.89. The number of aromatic nitrogens is 2. The van der Waals surface area contributed by atoms with Gasteiger partial charge in [0.05, 0.1) is 18.9 Å². The van der Waals surface area contributed by atoms with Crippen LogP contribution in [0.25, 0.3) is 11.1 Å². The third-order valence-corrected chi connectivity index (χ3v) is 5.51. The molecule has 0 amide bonds. The highest BCUT2D eigenvalue weighted by atomic mass is 16.6. The highest BCUT2D eigenvalue weighted by Gasteiger charge is 2.44. The van der Waals surface area contributed by atoms with E-state index in [9.17, 15) is 19.8 Å². The molecule has 3 aromatic rings. The van der Waals surface area contributed by atoms with E-state index >= 15 is 0 Å². The van der Waals surface area contributed by atoms with E-state index in [-0.39, 0.29) is 25.4 Å². The molecule has 1 aromatic heterocycles. The summed E-state index contributed by atoms with van der Waals surface area (Å²) in [5.74, 6) is -0.0470. The minimum absolute atomic E-state index is 0.0470. The number of aromatic amines is 1. The number of nitrogens with zero attached hydrogens (tertiary/aromatic N) is 1. The quantitative estimate of drug-likeness (QED) is 0.554. The summed E-state index contributed by atoms with van der Waals surface area (Å²) in [5, 5.41) is 19.4. The van der Waals surface area contributed by atoms with Crippen molar-refractivity contribution in [2.45, 2.75) is 37.9 Å². The summed E-state index contributed by atoms with van der Waals surface area (Å²) < 4.78 is 12.7. The van der Waals surface area contributed by atoms with Crippen molar-refractivity contribution in [2.24, 2.45) is 0 Å². The third-order valence-electron chi connectivity index (χ3n) is 5.51. The molecule has 0 bridgehead atoms. The van der Waals surface area contributed by atoms with Gasteiger partial charge in [0.15, 0.2) is 0 Å². The monoisotopic (exact) mass is 424 g/mol. The minimum atomic E-state index is -1.23. The summed E-state index contributed by atoms with van der Waals surface area (Å²) in [7, 11) is 0. The number of aliphatic hydroxyl groups is 2. The lowest BCUT2D eigenvalue weighted by atomic mass is 10.0. The van der Waals surface area contributed by atoms with Crippen LogP contribution in [0.1, 0.15) is 18.9 Å². The molecule has 162 valence electrons. The Hall–Kier alpha value is -3.20. The molecule has 4 rings (SSSR count). The molecule has 1 aliphatic heterocycles. The lowest BCUT2D eigenvalue weighted by molar-refractivity contribution is -0.108. The summed E-state index contributed by atoms with van der Waals surface area (Å²) in [6.07, 6.45) is -0.374. The van der Waals surface area contributed by atoms with Gasteiger partial charge >= 0.3 is 5.69 Å². The van der Waals surface area contributed by atoms with E-state index in [1.54, 1.807) is 6.92 Å². The molecule has 2 aromatic carbocycles. The first-order chi connectivity index (χ1) is 14.9. The van der Waals surface area contributed by atoms with Gasteiger partial charge in [-0.05, 0) is 23.6 Å². The number of rotatable bonds is 6. The number of nitrogens with one attached hydrogen (secondary N) is 1. The fourth-order valence-corrected chi connectivity index (χ4v) is 3.89. The first-order valence-corrected chi connectivity index (χ1v) is 10.0. The van der Waals surface area contributed by atoms with E-state index < -0.39 is 29.2 Å². The van der Waals surface area contributed by atoms with Gasteiger partial charge in [-0.2, -0.15) is 0 Å². The highest BCUT2D eigenvalue weighted by Crippen LogP contribution is 2.34. The van der Waals surface area contributed by atoms with Gasteiger partial charge in [-0.3, -0.25) is 14.3 Å². The maximum atomic E-state index is 12.4.